The maximum atomic E-state index is 12.4. The molecule has 0 unspecified atom stereocenters. The van der Waals surface area contributed by atoms with Gasteiger partial charge in [-0.15, -0.1) is 0 Å². The van der Waals surface area contributed by atoms with Gasteiger partial charge in [0.15, 0.2) is 0 Å². The molecule has 0 spiro atoms. The van der Waals surface area contributed by atoms with E-state index in [-0.39, 0.29) is 11.3 Å². The van der Waals surface area contributed by atoms with Gasteiger partial charge in [0, 0.05) is 23.2 Å². The Morgan fingerprint density at radius 3 is 2.70 bits per heavy atom. The number of hydrogen-bond acceptors (Lipinski definition) is 3. The molecule has 0 aliphatic heterocycles. The minimum Gasteiger partial charge on any atom is -0.494 e. The predicted molar refractivity (Wildman–Crippen MR) is 80.7 cm³/mol. The predicted octanol–water partition coefficient (Wildman–Crippen LogP) is 3.06. The third kappa shape index (κ3) is 3.12. The Morgan fingerprint density at radius 1 is 1.40 bits per heavy atom. The summed E-state index contributed by atoms with van der Waals surface area (Å²) in [4.78, 5) is 12.4. The molecule has 110 valence electrons. The lowest BCUT2D eigenvalue weighted by Crippen LogP contribution is -2.30. The lowest BCUT2D eigenvalue weighted by Gasteiger charge is -2.22. The van der Waals surface area contributed by atoms with E-state index in [2.05, 4.69) is 5.32 Å². The van der Waals surface area contributed by atoms with Crippen LogP contribution in [0, 0.1) is 5.41 Å². The third-order valence-electron chi connectivity index (χ3n) is 4.09. The average molecular weight is 276 g/mol. The number of ether oxygens (including phenoxy) is 1. The Bertz CT molecular complexity index is 479. The van der Waals surface area contributed by atoms with Crippen LogP contribution in [0.4, 0.5) is 5.69 Å². The molecular weight excluding hydrogens is 252 g/mol. The highest BCUT2D eigenvalue weighted by atomic mass is 16.5. The summed E-state index contributed by atoms with van der Waals surface area (Å²) in [5, 5.41) is 3.02. The van der Waals surface area contributed by atoms with Crippen LogP contribution in [0.25, 0.3) is 0 Å². The summed E-state index contributed by atoms with van der Waals surface area (Å²) in [5.74, 6) is 0.905. The van der Waals surface area contributed by atoms with E-state index in [0.717, 1.165) is 42.7 Å². The lowest BCUT2D eigenvalue weighted by atomic mass is 9.88. The molecule has 3 N–H and O–H groups in total. The number of anilines is 1. The Labute approximate surface area is 120 Å². The van der Waals surface area contributed by atoms with Crippen molar-refractivity contribution in [1.82, 2.24) is 0 Å². The monoisotopic (exact) mass is 276 g/mol. The SMILES string of the molecule is CCOc1ccc(NC(=O)C2(C)CCCC2)cc1CN. The van der Waals surface area contributed by atoms with Crippen LogP contribution >= 0.6 is 0 Å². The highest BCUT2D eigenvalue weighted by molar-refractivity contribution is 5.95. The number of benzene rings is 1. The number of carbonyl (C=O) groups is 1. The molecule has 1 fully saturated rings. The molecule has 1 aliphatic rings. The van der Waals surface area contributed by atoms with Gasteiger partial charge in [-0.05, 0) is 38.0 Å². The van der Waals surface area contributed by atoms with Crippen molar-refractivity contribution >= 4 is 11.6 Å². The number of amides is 1. The quantitative estimate of drug-likeness (QED) is 0.868. The largest absolute Gasteiger partial charge is 0.494 e. The molecular formula is C16H24N2O2. The van der Waals surface area contributed by atoms with Crippen LogP contribution < -0.4 is 15.8 Å². The van der Waals surface area contributed by atoms with Crippen LogP contribution in [0.15, 0.2) is 18.2 Å². The van der Waals surface area contributed by atoms with Crippen LogP contribution in [0.3, 0.4) is 0 Å². The lowest BCUT2D eigenvalue weighted by molar-refractivity contribution is -0.124. The maximum Gasteiger partial charge on any atom is 0.230 e. The molecule has 4 heteroatoms. The van der Waals surface area contributed by atoms with E-state index in [0.29, 0.717) is 13.2 Å². The first-order valence-corrected chi connectivity index (χ1v) is 7.36. The Balaban J connectivity index is 2.11. The van der Waals surface area contributed by atoms with E-state index >= 15 is 0 Å². The van der Waals surface area contributed by atoms with Crippen molar-refractivity contribution in [1.29, 1.82) is 0 Å². The van der Waals surface area contributed by atoms with Gasteiger partial charge in [-0.2, -0.15) is 0 Å². The molecule has 0 atom stereocenters. The average Bonchev–Trinajstić information content (AvgIpc) is 2.89. The van der Waals surface area contributed by atoms with Gasteiger partial charge in [0.2, 0.25) is 5.91 Å². The zero-order valence-electron chi connectivity index (χ0n) is 12.4. The van der Waals surface area contributed by atoms with Crippen molar-refractivity contribution in [2.24, 2.45) is 11.1 Å². The summed E-state index contributed by atoms with van der Waals surface area (Å²) in [7, 11) is 0. The standard InChI is InChI=1S/C16H24N2O2/c1-3-20-14-7-6-13(10-12(14)11-17)18-15(19)16(2)8-4-5-9-16/h6-7,10H,3-5,8-9,11,17H2,1-2H3,(H,18,19). The summed E-state index contributed by atoms with van der Waals surface area (Å²) in [6.45, 7) is 5.00. The highest BCUT2D eigenvalue weighted by Crippen LogP contribution is 2.38. The first-order valence-electron chi connectivity index (χ1n) is 7.36. The number of nitrogens with one attached hydrogen (secondary N) is 1. The van der Waals surface area contributed by atoms with E-state index in [9.17, 15) is 4.79 Å². The van der Waals surface area contributed by atoms with Gasteiger partial charge in [0.05, 0.1) is 6.61 Å². The minimum absolute atomic E-state index is 0.113. The fraction of sp³-hybridized carbons (Fsp3) is 0.562. The van der Waals surface area contributed by atoms with E-state index in [1.807, 2.05) is 32.0 Å². The van der Waals surface area contributed by atoms with Crippen LogP contribution in [-0.2, 0) is 11.3 Å². The molecule has 20 heavy (non-hydrogen) atoms. The molecule has 1 aromatic rings. The van der Waals surface area contributed by atoms with Gasteiger partial charge in [-0.25, -0.2) is 0 Å². The molecule has 1 aliphatic carbocycles. The zero-order valence-corrected chi connectivity index (χ0v) is 12.4. The highest BCUT2D eigenvalue weighted by Gasteiger charge is 2.36. The van der Waals surface area contributed by atoms with Gasteiger partial charge in [-0.3, -0.25) is 4.79 Å². The van der Waals surface area contributed by atoms with Crippen LogP contribution in [0.5, 0.6) is 5.75 Å². The summed E-state index contributed by atoms with van der Waals surface area (Å²) >= 11 is 0. The third-order valence-corrected chi connectivity index (χ3v) is 4.09. The Hall–Kier alpha value is -1.55. The zero-order chi connectivity index (χ0) is 14.6. The van der Waals surface area contributed by atoms with Gasteiger partial charge in [0.1, 0.15) is 5.75 Å². The van der Waals surface area contributed by atoms with Crippen molar-refractivity contribution in [2.45, 2.75) is 46.1 Å². The van der Waals surface area contributed by atoms with Crippen LogP contribution in [0.2, 0.25) is 0 Å². The smallest absolute Gasteiger partial charge is 0.230 e. The molecule has 1 aromatic carbocycles. The van der Waals surface area contributed by atoms with Crippen LogP contribution in [-0.4, -0.2) is 12.5 Å². The molecule has 1 saturated carbocycles. The van der Waals surface area contributed by atoms with Gasteiger partial charge in [-0.1, -0.05) is 19.8 Å². The Kier molecular flexibility index (Phi) is 4.65. The number of nitrogens with two attached hydrogens (primary N) is 1. The summed E-state index contributed by atoms with van der Waals surface area (Å²) in [5.41, 5.74) is 7.23. The number of hydrogen-bond donors (Lipinski definition) is 2. The van der Waals surface area contributed by atoms with Gasteiger partial charge >= 0.3 is 0 Å². The normalized spacial score (nSPS) is 16.9. The van der Waals surface area contributed by atoms with Crippen molar-refractivity contribution in [3.8, 4) is 5.75 Å². The van der Waals surface area contributed by atoms with Crippen molar-refractivity contribution < 1.29 is 9.53 Å². The van der Waals surface area contributed by atoms with E-state index in [1.165, 1.54) is 0 Å². The molecule has 4 nitrogen and oxygen atoms in total. The number of rotatable bonds is 5. The van der Waals surface area contributed by atoms with Gasteiger partial charge in [0.25, 0.3) is 0 Å². The molecule has 0 radical (unpaired) electrons. The minimum atomic E-state index is -0.221. The first kappa shape index (κ1) is 14.9. The second-order valence-electron chi connectivity index (χ2n) is 5.68. The second kappa shape index (κ2) is 6.27. The van der Waals surface area contributed by atoms with Crippen molar-refractivity contribution in [3.63, 3.8) is 0 Å². The first-order chi connectivity index (χ1) is 9.59. The van der Waals surface area contributed by atoms with Crippen LogP contribution in [0.1, 0.15) is 45.1 Å². The van der Waals surface area contributed by atoms with Crippen molar-refractivity contribution in [2.75, 3.05) is 11.9 Å². The van der Waals surface area contributed by atoms with E-state index in [1.54, 1.807) is 0 Å². The van der Waals surface area contributed by atoms with Crippen molar-refractivity contribution in [3.05, 3.63) is 23.8 Å². The van der Waals surface area contributed by atoms with E-state index < -0.39 is 0 Å². The molecule has 0 saturated heterocycles. The fourth-order valence-electron chi connectivity index (χ4n) is 2.78. The Morgan fingerprint density at radius 2 is 2.10 bits per heavy atom. The van der Waals surface area contributed by atoms with Gasteiger partial charge < -0.3 is 15.8 Å². The molecule has 1 amide bonds. The summed E-state index contributed by atoms with van der Waals surface area (Å²) < 4.78 is 5.51. The number of carbonyl (C=O) groups excluding carboxylic acids is 1. The molecule has 0 aromatic heterocycles. The van der Waals surface area contributed by atoms with E-state index in [4.69, 9.17) is 10.5 Å². The molecule has 0 bridgehead atoms. The molecule has 0 heterocycles. The topological polar surface area (TPSA) is 64.3 Å². The maximum absolute atomic E-state index is 12.4. The summed E-state index contributed by atoms with van der Waals surface area (Å²) in [6, 6.07) is 5.65. The second-order valence-corrected chi connectivity index (χ2v) is 5.68. The fourth-order valence-corrected chi connectivity index (χ4v) is 2.78. The summed E-state index contributed by atoms with van der Waals surface area (Å²) in [6.07, 6.45) is 4.22. The molecule has 2 rings (SSSR count).